The third-order valence-corrected chi connectivity index (χ3v) is 4.27. The number of ether oxygens (including phenoxy) is 1. The Bertz CT molecular complexity index is 749. The van der Waals surface area contributed by atoms with Crippen LogP contribution in [0.4, 0.5) is 0 Å². The molecule has 2 amide bonds. The van der Waals surface area contributed by atoms with Gasteiger partial charge in [-0.15, -0.1) is 11.3 Å². The third kappa shape index (κ3) is 3.14. The highest BCUT2D eigenvalue weighted by Gasteiger charge is 2.34. The van der Waals surface area contributed by atoms with Crippen LogP contribution in [0.15, 0.2) is 29.6 Å². The minimum absolute atomic E-state index is 0.0204. The van der Waals surface area contributed by atoms with Crippen LogP contribution < -0.4 is 0 Å². The van der Waals surface area contributed by atoms with Gasteiger partial charge in [0.1, 0.15) is 6.61 Å². The first kappa shape index (κ1) is 15.4. The van der Waals surface area contributed by atoms with Crippen molar-refractivity contribution in [2.75, 3.05) is 13.2 Å². The van der Waals surface area contributed by atoms with Crippen LogP contribution in [0.3, 0.4) is 0 Å². The molecule has 2 aromatic rings. The lowest BCUT2D eigenvalue weighted by Crippen LogP contribution is -2.33. The number of rotatable bonds is 5. The second kappa shape index (κ2) is 6.29. The predicted octanol–water partition coefficient (Wildman–Crippen LogP) is 1.83. The molecule has 0 fully saturated rings. The third-order valence-electron chi connectivity index (χ3n) is 3.45. The molecule has 118 valence electrons. The van der Waals surface area contributed by atoms with Gasteiger partial charge in [0, 0.05) is 5.38 Å². The first-order valence-corrected chi connectivity index (χ1v) is 7.96. The van der Waals surface area contributed by atoms with Crippen molar-refractivity contribution in [1.82, 2.24) is 9.88 Å². The second-order valence-corrected chi connectivity index (χ2v) is 6.12. The molecule has 0 radical (unpaired) electrons. The lowest BCUT2D eigenvalue weighted by molar-refractivity contribution is -0.143. The molecule has 1 aliphatic heterocycles. The molecule has 0 atom stereocenters. The van der Waals surface area contributed by atoms with Crippen LogP contribution in [-0.4, -0.2) is 40.8 Å². The van der Waals surface area contributed by atoms with Gasteiger partial charge < -0.3 is 4.74 Å². The van der Waals surface area contributed by atoms with E-state index in [-0.39, 0.29) is 31.4 Å². The number of aromatic nitrogens is 1. The van der Waals surface area contributed by atoms with Crippen molar-refractivity contribution >= 4 is 29.1 Å². The Morgan fingerprint density at radius 1 is 1.22 bits per heavy atom. The number of carbonyl (C=O) groups excluding carboxylic acids is 3. The molecule has 0 unspecified atom stereocenters. The molecule has 1 aromatic heterocycles. The maximum Gasteiger partial charge on any atom is 0.311 e. The van der Waals surface area contributed by atoms with Crippen molar-refractivity contribution in [3.8, 4) is 0 Å². The Labute approximate surface area is 136 Å². The molecule has 2 heterocycles. The summed E-state index contributed by atoms with van der Waals surface area (Å²) in [5.74, 6) is -1.12. The van der Waals surface area contributed by atoms with E-state index in [0.717, 1.165) is 9.91 Å². The van der Waals surface area contributed by atoms with Crippen LogP contribution in [-0.2, 0) is 16.0 Å². The lowest BCUT2D eigenvalue weighted by Gasteiger charge is -2.13. The van der Waals surface area contributed by atoms with Gasteiger partial charge in [-0.1, -0.05) is 12.1 Å². The van der Waals surface area contributed by atoms with Crippen LogP contribution in [0.1, 0.15) is 31.4 Å². The first-order chi connectivity index (χ1) is 11.1. The van der Waals surface area contributed by atoms with Gasteiger partial charge in [0.2, 0.25) is 0 Å². The molecular weight excluding hydrogens is 316 g/mol. The van der Waals surface area contributed by atoms with Gasteiger partial charge >= 0.3 is 5.97 Å². The number of carbonyl (C=O) groups is 3. The summed E-state index contributed by atoms with van der Waals surface area (Å²) < 4.78 is 5.09. The minimum atomic E-state index is -0.424. The molecule has 0 aliphatic carbocycles. The molecule has 3 rings (SSSR count). The fourth-order valence-corrected chi connectivity index (χ4v) is 2.99. The number of hydrogen-bond donors (Lipinski definition) is 0. The van der Waals surface area contributed by atoms with E-state index in [1.165, 1.54) is 11.3 Å². The van der Waals surface area contributed by atoms with Crippen molar-refractivity contribution in [3.05, 3.63) is 51.5 Å². The molecule has 0 spiro atoms. The lowest BCUT2D eigenvalue weighted by atomic mass is 10.1. The van der Waals surface area contributed by atoms with Crippen molar-refractivity contribution in [2.24, 2.45) is 0 Å². The summed E-state index contributed by atoms with van der Waals surface area (Å²) in [5.41, 5.74) is 1.45. The number of thiazole rings is 1. The van der Waals surface area contributed by atoms with Crippen LogP contribution in [0.5, 0.6) is 0 Å². The summed E-state index contributed by atoms with van der Waals surface area (Å²) in [6.45, 7) is 1.89. The molecule has 23 heavy (non-hydrogen) atoms. The number of nitrogens with zero attached hydrogens (tertiary/aromatic N) is 2. The second-order valence-electron chi connectivity index (χ2n) is 5.06. The number of fused-ring (bicyclic) bond motifs is 1. The largest absolute Gasteiger partial charge is 0.463 e. The number of aryl methyl sites for hydroxylation is 1. The molecule has 1 aromatic carbocycles. The van der Waals surface area contributed by atoms with Gasteiger partial charge in [0.05, 0.1) is 34.8 Å². The van der Waals surface area contributed by atoms with Crippen molar-refractivity contribution in [2.45, 2.75) is 13.3 Å². The maximum atomic E-state index is 12.1. The standard InChI is InChI=1S/C16H14N2O4S/c1-10-17-11(9-23-10)8-14(19)22-7-6-18-15(20)12-4-2-3-5-13(12)16(18)21/h2-5,9H,6-8H2,1H3. The number of esters is 1. The van der Waals surface area contributed by atoms with Gasteiger partial charge in [-0.25, -0.2) is 4.98 Å². The molecule has 0 bridgehead atoms. The summed E-state index contributed by atoms with van der Waals surface area (Å²) in [5, 5.41) is 2.69. The first-order valence-electron chi connectivity index (χ1n) is 7.08. The van der Waals surface area contributed by atoms with Crippen LogP contribution >= 0.6 is 11.3 Å². The molecule has 6 nitrogen and oxygen atoms in total. The fourth-order valence-electron chi connectivity index (χ4n) is 2.38. The Balaban J connectivity index is 1.52. The van der Waals surface area contributed by atoms with E-state index >= 15 is 0 Å². The number of amides is 2. The number of hydrogen-bond acceptors (Lipinski definition) is 6. The van der Waals surface area contributed by atoms with Gasteiger partial charge in [-0.2, -0.15) is 0 Å². The molecular formula is C16H14N2O4S. The van der Waals surface area contributed by atoms with Crippen LogP contribution in [0.2, 0.25) is 0 Å². The van der Waals surface area contributed by atoms with E-state index in [2.05, 4.69) is 4.98 Å². The van der Waals surface area contributed by atoms with E-state index in [9.17, 15) is 14.4 Å². The number of benzene rings is 1. The highest BCUT2D eigenvalue weighted by molar-refractivity contribution is 7.09. The predicted molar refractivity (Wildman–Crippen MR) is 83.3 cm³/mol. The van der Waals surface area contributed by atoms with Crippen molar-refractivity contribution < 1.29 is 19.1 Å². The van der Waals surface area contributed by atoms with Gasteiger partial charge in [-0.3, -0.25) is 19.3 Å². The van der Waals surface area contributed by atoms with E-state index in [1.54, 1.807) is 29.6 Å². The Morgan fingerprint density at radius 2 is 1.87 bits per heavy atom. The molecule has 0 N–H and O–H groups in total. The Kier molecular flexibility index (Phi) is 4.20. The van der Waals surface area contributed by atoms with E-state index in [1.807, 2.05) is 6.92 Å². The zero-order chi connectivity index (χ0) is 16.4. The molecule has 0 saturated heterocycles. The molecule has 0 saturated carbocycles. The zero-order valence-electron chi connectivity index (χ0n) is 12.4. The minimum Gasteiger partial charge on any atom is -0.463 e. The van der Waals surface area contributed by atoms with Crippen LogP contribution in [0.25, 0.3) is 0 Å². The highest BCUT2D eigenvalue weighted by atomic mass is 32.1. The summed E-state index contributed by atoms with van der Waals surface area (Å²) in [6, 6.07) is 6.66. The molecule has 1 aliphatic rings. The monoisotopic (exact) mass is 330 g/mol. The SMILES string of the molecule is Cc1nc(CC(=O)OCCN2C(=O)c3ccccc3C2=O)cs1. The van der Waals surface area contributed by atoms with Gasteiger partial charge in [-0.05, 0) is 19.1 Å². The van der Waals surface area contributed by atoms with Gasteiger partial charge in [0.25, 0.3) is 11.8 Å². The summed E-state index contributed by atoms with van der Waals surface area (Å²) in [7, 11) is 0. The topological polar surface area (TPSA) is 76.6 Å². The Morgan fingerprint density at radius 3 is 2.43 bits per heavy atom. The Hall–Kier alpha value is -2.54. The summed E-state index contributed by atoms with van der Waals surface area (Å²) >= 11 is 1.47. The highest BCUT2D eigenvalue weighted by Crippen LogP contribution is 2.21. The van der Waals surface area contributed by atoms with Crippen molar-refractivity contribution in [3.63, 3.8) is 0 Å². The average Bonchev–Trinajstić information content (AvgIpc) is 3.04. The van der Waals surface area contributed by atoms with Gasteiger partial charge in [0.15, 0.2) is 0 Å². The maximum absolute atomic E-state index is 12.1. The average molecular weight is 330 g/mol. The number of imide groups is 1. The van der Waals surface area contributed by atoms with Crippen molar-refractivity contribution in [1.29, 1.82) is 0 Å². The normalized spacial score (nSPS) is 13.3. The summed E-state index contributed by atoms with van der Waals surface area (Å²) in [6.07, 6.45) is 0.0897. The van der Waals surface area contributed by atoms with E-state index < -0.39 is 5.97 Å². The quantitative estimate of drug-likeness (QED) is 0.617. The van der Waals surface area contributed by atoms with E-state index in [0.29, 0.717) is 16.8 Å². The molecule has 7 heteroatoms. The fraction of sp³-hybridized carbons (Fsp3) is 0.250. The van der Waals surface area contributed by atoms with E-state index in [4.69, 9.17) is 4.74 Å². The zero-order valence-corrected chi connectivity index (χ0v) is 13.3. The van der Waals surface area contributed by atoms with Crippen LogP contribution in [0, 0.1) is 6.92 Å². The smallest absolute Gasteiger partial charge is 0.311 e. The summed E-state index contributed by atoms with van der Waals surface area (Å²) in [4.78, 5) is 41.3.